The van der Waals surface area contributed by atoms with Gasteiger partial charge in [-0.2, -0.15) is 0 Å². The Morgan fingerprint density at radius 1 is 1.04 bits per heavy atom. The van der Waals surface area contributed by atoms with E-state index >= 15 is 0 Å². The van der Waals surface area contributed by atoms with E-state index in [9.17, 15) is 13.6 Å². The maximum atomic E-state index is 13.3. The Balaban J connectivity index is 1.77. The molecular weight excluding hydrogens is 362 g/mol. The normalized spacial score (nSPS) is 10.5. The van der Waals surface area contributed by atoms with Gasteiger partial charge in [-0.3, -0.25) is 4.79 Å². The lowest BCUT2D eigenvalue weighted by molar-refractivity contribution is 0.102. The number of hydrogen-bond donors (Lipinski definition) is 2. The lowest BCUT2D eigenvalue weighted by Gasteiger charge is -2.10. The number of aromatic nitrogens is 2. The van der Waals surface area contributed by atoms with E-state index in [1.807, 2.05) is 6.92 Å². The number of halogens is 3. The highest BCUT2D eigenvalue weighted by molar-refractivity contribution is 6.30. The smallest absolute Gasteiger partial charge is 0.274 e. The van der Waals surface area contributed by atoms with Crippen LogP contribution in [0.3, 0.4) is 0 Å². The Labute approximate surface area is 153 Å². The SMILES string of the molecule is Cc1cc(Cl)ccc1NC(=O)c1cc(Nc2ccc(F)c(F)c2)ncn1. The van der Waals surface area contributed by atoms with Crippen molar-refractivity contribution in [3.8, 4) is 0 Å². The first-order valence-electron chi connectivity index (χ1n) is 7.54. The molecule has 0 fully saturated rings. The molecular formula is C18H13ClF2N4O. The van der Waals surface area contributed by atoms with Gasteiger partial charge in [-0.15, -0.1) is 0 Å². The average Bonchev–Trinajstić information content (AvgIpc) is 2.61. The zero-order valence-electron chi connectivity index (χ0n) is 13.6. The largest absolute Gasteiger partial charge is 0.340 e. The fraction of sp³-hybridized carbons (Fsp3) is 0.0556. The minimum absolute atomic E-state index is 0.111. The summed E-state index contributed by atoms with van der Waals surface area (Å²) in [5.74, 6) is -2.10. The molecule has 0 aliphatic heterocycles. The minimum Gasteiger partial charge on any atom is -0.340 e. The molecule has 132 valence electrons. The van der Waals surface area contributed by atoms with Crippen LogP contribution in [-0.2, 0) is 0 Å². The predicted molar refractivity (Wildman–Crippen MR) is 95.8 cm³/mol. The third kappa shape index (κ3) is 4.12. The molecule has 0 aliphatic rings. The van der Waals surface area contributed by atoms with Crippen molar-refractivity contribution in [3.63, 3.8) is 0 Å². The first kappa shape index (κ1) is 17.8. The first-order valence-corrected chi connectivity index (χ1v) is 7.92. The molecule has 0 saturated carbocycles. The minimum atomic E-state index is -0.986. The third-order valence-corrected chi connectivity index (χ3v) is 3.76. The van der Waals surface area contributed by atoms with E-state index in [-0.39, 0.29) is 11.5 Å². The van der Waals surface area contributed by atoms with Crippen molar-refractivity contribution in [2.45, 2.75) is 6.92 Å². The molecule has 2 aromatic carbocycles. The van der Waals surface area contributed by atoms with Crippen LogP contribution in [0.25, 0.3) is 0 Å². The van der Waals surface area contributed by atoms with E-state index < -0.39 is 17.5 Å². The highest BCUT2D eigenvalue weighted by Crippen LogP contribution is 2.21. The lowest BCUT2D eigenvalue weighted by atomic mass is 10.2. The monoisotopic (exact) mass is 374 g/mol. The van der Waals surface area contributed by atoms with Gasteiger partial charge >= 0.3 is 0 Å². The molecule has 26 heavy (non-hydrogen) atoms. The fourth-order valence-electron chi connectivity index (χ4n) is 2.23. The van der Waals surface area contributed by atoms with Crippen LogP contribution in [0.4, 0.5) is 26.0 Å². The summed E-state index contributed by atoms with van der Waals surface area (Å²) >= 11 is 5.90. The van der Waals surface area contributed by atoms with Gasteiger partial charge in [0, 0.05) is 28.5 Å². The summed E-state index contributed by atoms with van der Waals surface area (Å²) in [6.45, 7) is 1.82. The molecule has 0 unspecified atom stereocenters. The highest BCUT2D eigenvalue weighted by atomic mass is 35.5. The van der Waals surface area contributed by atoms with Crippen LogP contribution in [0.15, 0.2) is 48.8 Å². The molecule has 0 atom stereocenters. The number of nitrogens with zero attached hydrogens (tertiary/aromatic N) is 2. The Bertz CT molecular complexity index is 981. The molecule has 3 rings (SSSR count). The number of hydrogen-bond acceptors (Lipinski definition) is 4. The van der Waals surface area contributed by atoms with Crippen molar-refractivity contribution in [2.24, 2.45) is 0 Å². The molecule has 1 aromatic heterocycles. The maximum Gasteiger partial charge on any atom is 0.274 e. The second-order valence-corrected chi connectivity index (χ2v) is 5.89. The van der Waals surface area contributed by atoms with Gasteiger partial charge in [0.2, 0.25) is 0 Å². The summed E-state index contributed by atoms with van der Waals surface area (Å²) in [6, 6.07) is 9.84. The van der Waals surface area contributed by atoms with Crippen molar-refractivity contribution in [2.75, 3.05) is 10.6 Å². The van der Waals surface area contributed by atoms with Gasteiger partial charge in [-0.05, 0) is 42.8 Å². The molecule has 0 aliphatic carbocycles. The molecule has 0 bridgehead atoms. The van der Waals surface area contributed by atoms with Crippen LogP contribution in [0.2, 0.25) is 5.02 Å². The Hall–Kier alpha value is -3.06. The Morgan fingerprint density at radius 2 is 1.85 bits per heavy atom. The van der Waals surface area contributed by atoms with Crippen molar-refractivity contribution < 1.29 is 13.6 Å². The van der Waals surface area contributed by atoms with Crippen LogP contribution >= 0.6 is 11.6 Å². The second kappa shape index (κ2) is 7.45. The lowest BCUT2D eigenvalue weighted by Crippen LogP contribution is -2.15. The molecule has 1 heterocycles. The van der Waals surface area contributed by atoms with Gasteiger partial charge < -0.3 is 10.6 Å². The highest BCUT2D eigenvalue weighted by Gasteiger charge is 2.11. The van der Waals surface area contributed by atoms with Gasteiger partial charge in [0.25, 0.3) is 5.91 Å². The summed E-state index contributed by atoms with van der Waals surface area (Å²) in [5.41, 5.74) is 1.81. The number of rotatable bonds is 4. The van der Waals surface area contributed by atoms with Crippen LogP contribution in [0.5, 0.6) is 0 Å². The summed E-state index contributed by atoms with van der Waals surface area (Å²) in [6.07, 6.45) is 1.20. The summed E-state index contributed by atoms with van der Waals surface area (Å²) in [4.78, 5) is 20.3. The molecule has 5 nitrogen and oxygen atoms in total. The molecule has 0 spiro atoms. The van der Waals surface area contributed by atoms with Gasteiger partial charge in [0.05, 0.1) is 0 Å². The number of carbonyl (C=O) groups excluding carboxylic acids is 1. The zero-order valence-corrected chi connectivity index (χ0v) is 14.3. The number of benzene rings is 2. The van der Waals surface area contributed by atoms with E-state index in [1.165, 1.54) is 18.5 Å². The van der Waals surface area contributed by atoms with Crippen LogP contribution in [-0.4, -0.2) is 15.9 Å². The third-order valence-electron chi connectivity index (χ3n) is 3.53. The van der Waals surface area contributed by atoms with Gasteiger partial charge in [-0.1, -0.05) is 11.6 Å². The number of amides is 1. The topological polar surface area (TPSA) is 66.9 Å². The fourth-order valence-corrected chi connectivity index (χ4v) is 2.45. The number of nitrogens with one attached hydrogen (secondary N) is 2. The quantitative estimate of drug-likeness (QED) is 0.694. The van der Waals surface area contributed by atoms with E-state index in [1.54, 1.807) is 18.2 Å². The molecule has 8 heteroatoms. The molecule has 3 aromatic rings. The van der Waals surface area contributed by atoms with Crippen LogP contribution < -0.4 is 10.6 Å². The number of anilines is 3. The summed E-state index contributed by atoms with van der Waals surface area (Å²) in [7, 11) is 0. The van der Waals surface area contributed by atoms with Crippen LogP contribution in [0.1, 0.15) is 16.1 Å². The predicted octanol–water partition coefficient (Wildman–Crippen LogP) is 4.71. The molecule has 2 N–H and O–H groups in total. The van der Waals surface area contributed by atoms with Crippen molar-refractivity contribution in [3.05, 3.63) is 76.7 Å². The number of carbonyl (C=O) groups is 1. The van der Waals surface area contributed by atoms with Crippen molar-refractivity contribution >= 4 is 34.7 Å². The second-order valence-electron chi connectivity index (χ2n) is 5.46. The first-order chi connectivity index (χ1) is 12.4. The maximum absolute atomic E-state index is 13.3. The average molecular weight is 375 g/mol. The van der Waals surface area contributed by atoms with Gasteiger partial charge in [0.15, 0.2) is 11.6 Å². The molecule has 1 amide bonds. The van der Waals surface area contributed by atoms with E-state index in [0.29, 0.717) is 16.4 Å². The summed E-state index contributed by atoms with van der Waals surface area (Å²) < 4.78 is 26.3. The van der Waals surface area contributed by atoms with Gasteiger partial charge in [-0.25, -0.2) is 18.7 Å². The summed E-state index contributed by atoms with van der Waals surface area (Å²) in [5, 5.41) is 6.10. The van der Waals surface area contributed by atoms with Crippen molar-refractivity contribution in [1.29, 1.82) is 0 Å². The van der Waals surface area contributed by atoms with E-state index in [2.05, 4.69) is 20.6 Å². The Kier molecular flexibility index (Phi) is 5.09. The molecule has 0 saturated heterocycles. The molecule has 0 radical (unpaired) electrons. The van der Waals surface area contributed by atoms with E-state index in [0.717, 1.165) is 17.7 Å². The standard InChI is InChI=1S/C18H13ClF2N4O/c1-10-6-11(19)2-5-15(10)25-18(26)16-8-17(23-9-22-16)24-12-3-4-13(20)14(21)7-12/h2-9H,1H3,(H,25,26)(H,22,23,24). The van der Waals surface area contributed by atoms with Crippen molar-refractivity contribution in [1.82, 2.24) is 9.97 Å². The zero-order chi connectivity index (χ0) is 18.7. The number of aryl methyl sites for hydroxylation is 1. The Morgan fingerprint density at radius 3 is 2.58 bits per heavy atom. The van der Waals surface area contributed by atoms with Gasteiger partial charge in [0.1, 0.15) is 17.8 Å². The van der Waals surface area contributed by atoms with E-state index in [4.69, 9.17) is 11.6 Å². The van der Waals surface area contributed by atoms with Crippen LogP contribution in [0, 0.1) is 18.6 Å².